The number of aryl methyl sites for hydroxylation is 1. The van der Waals surface area contributed by atoms with Crippen LogP contribution in [0.4, 0.5) is 5.69 Å². The molecule has 0 unspecified atom stereocenters. The second-order valence-electron chi connectivity index (χ2n) is 9.38. The Kier molecular flexibility index (Phi) is 4.56. The van der Waals surface area contributed by atoms with Gasteiger partial charge in [-0.05, 0) is 54.2 Å². The topological polar surface area (TPSA) is 80.2 Å². The van der Waals surface area contributed by atoms with Crippen LogP contribution in [0.1, 0.15) is 71.9 Å². The lowest BCUT2D eigenvalue weighted by Crippen LogP contribution is -2.37. The fraction of sp³-hybridized carbons (Fsp3) is 0.385. The van der Waals surface area contributed by atoms with Crippen LogP contribution in [0, 0.1) is 5.41 Å². The summed E-state index contributed by atoms with van der Waals surface area (Å²) in [4.78, 5) is 19.6. The molecule has 160 valence electrons. The Labute approximate surface area is 182 Å². The molecule has 0 amide bonds. The average molecular weight is 416 g/mol. The lowest BCUT2D eigenvalue weighted by molar-refractivity contribution is 0.103. The molecule has 0 radical (unpaired) electrons. The number of hydrogen-bond donors (Lipinski definition) is 3. The van der Waals surface area contributed by atoms with Crippen molar-refractivity contribution in [1.29, 1.82) is 5.41 Å². The Morgan fingerprint density at radius 2 is 1.97 bits per heavy atom. The minimum atomic E-state index is -0.348. The van der Waals surface area contributed by atoms with Crippen molar-refractivity contribution < 1.29 is 9.90 Å². The summed E-state index contributed by atoms with van der Waals surface area (Å²) >= 11 is 0. The average Bonchev–Trinajstić information content (AvgIpc) is 3.17. The number of carbonyl (C=O) groups is 1. The van der Waals surface area contributed by atoms with Gasteiger partial charge in [0.25, 0.3) is 0 Å². The molecule has 31 heavy (non-hydrogen) atoms. The van der Waals surface area contributed by atoms with Crippen LogP contribution in [0.15, 0.2) is 30.3 Å². The monoisotopic (exact) mass is 415 g/mol. The van der Waals surface area contributed by atoms with Crippen molar-refractivity contribution in [2.24, 2.45) is 0 Å². The summed E-state index contributed by atoms with van der Waals surface area (Å²) in [5, 5.41) is 18.4. The molecule has 5 heteroatoms. The van der Waals surface area contributed by atoms with Gasteiger partial charge >= 0.3 is 0 Å². The van der Waals surface area contributed by atoms with Gasteiger partial charge in [0.05, 0.1) is 11.7 Å². The highest BCUT2D eigenvalue weighted by atomic mass is 16.3. The smallest absolute Gasteiger partial charge is 0.195 e. The van der Waals surface area contributed by atoms with Gasteiger partial charge in [-0.25, -0.2) is 0 Å². The number of piperidine rings is 1. The molecule has 1 saturated heterocycles. The van der Waals surface area contributed by atoms with Crippen molar-refractivity contribution in [2.45, 2.75) is 51.6 Å². The maximum absolute atomic E-state index is 13.7. The lowest BCUT2D eigenvalue weighted by Gasteiger charge is -2.37. The van der Waals surface area contributed by atoms with E-state index < -0.39 is 0 Å². The number of rotatable bonds is 3. The number of ketones is 1. The zero-order valence-electron chi connectivity index (χ0n) is 18.4. The van der Waals surface area contributed by atoms with Crippen molar-refractivity contribution in [3.63, 3.8) is 0 Å². The number of H-pyrrole nitrogens is 1. The molecule has 0 spiro atoms. The van der Waals surface area contributed by atoms with Gasteiger partial charge in [-0.2, -0.15) is 0 Å². The highest BCUT2D eigenvalue weighted by molar-refractivity contribution is 6.20. The summed E-state index contributed by atoms with van der Waals surface area (Å²) in [5.41, 5.74) is 7.32. The predicted molar refractivity (Wildman–Crippen MR) is 125 cm³/mol. The van der Waals surface area contributed by atoms with Crippen LogP contribution in [0.3, 0.4) is 0 Å². The molecule has 1 fully saturated rings. The Morgan fingerprint density at radius 1 is 1.23 bits per heavy atom. The largest absolute Gasteiger partial charge is 0.393 e. The number of carbonyl (C=O) groups excluding carboxylic acids is 1. The summed E-state index contributed by atoms with van der Waals surface area (Å²) in [6.45, 7) is 8.17. The molecule has 3 aromatic rings. The lowest BCUT2D eigenvalue weighted by atomic mass is 9.70. The molecule has 0 bridgehead atoms. The standard InChI is InChI=1S/C26H29N3O2/c1-4-16-12-19-20(13-22(16)29-9-7-17(30)8-10-29)26(2,3)25-23(24(19)31)18-6-5-15(14-27)11-21(18)28-25/h5-6,11-14,17,27-28,30H,4,7-10H2,1-3H3. The molecule has 1 aromatic heterocycles. The van der Waals surface area contributed by atoms with Crippen LogP contribution in [-0.2, 0) is 11.8 Å². The highest BCUT2D eigenvalue weighted by Crippen LogP contribution is 2.45. The van der Waals surface area contributed by atoms with Crippen LogP contribution >= 0.6 is 0 Å². The number of aromatic amines is 1. The maximum atomic E-state index is 13.7. The molecule has 2 aromatic carbocycles. The molecule has 5 nitrogen and oxygen atoms in total. The number of anilines is 1. The van der Waals surface area contributed by atoms with Crippen LogP contribution in [0.25, 0.3) is 10.9 Å². The van der Waals surface area contributed by atoms with E-state index in [1.165, 1.54) is 17.5 Å². The molecule has 2 aliphatic rings. The normalized spacial score (nSPS) is 18.2. The van der Waals surface area contributed by atoms with E-state index in [0.29, 0.717) is 0 Å². The van der Waals surface area contributed by atoms with E-state index in [-0.39, 0.29) is 17.3 Å². The van der Waals surface area contributed by atoms with E-state index in [9.17, 15) is 9.90 Å². The number of hydrogen-bond acceptors (Lipinski definition) is 4. The maximum Gasteiger partial charge on any atom is 0.195 e. The van der Waals surface area contributed by atoms with E-state index in [0.717, 1.165) is 71.2 Å². The molecule has 2 heterocycles. The minimum Gasteiger partial charge on any atom is -0.393 e. The third-order valence-electron chi connectivity index (χ3n) is 7.16. The van der Waals surface area contributed by atoms with Crippen LogP contribution in [0.5, 0.6) is 0 Å². The zero-order chi connectivity index (χ0) is 21.9. The van der Waals surface area contributed by atoms with E-state index in [2.05, 4.69) is 42.8 Å². The van der Waals surface area contributed by atoms with Crippen LogP contribution in [0.2, 0.25) is 0 Å². The fourth-order valence-corrected chi connectivity index (χ4v) is 5.30. The van der Waals surface area contributed by atoms with Crippen molar-refractivity contribution in [3.8, 4) is 0 Å². The van der Waals surface area contributed by atoms with Gasteiger partial charge in [0, 0.05) is 52.6 Å². The van der Waals surface area contributed by atoms with Gasteiger partial charge in [0.1, 0.15) is 0 Å². The fourth-order valence-electron chi connectivity index (χ4n) is 5.30. The number of aliphatic hydroxyl groups is 1. The van der Waals surface area contributed by atoms with Gasteiger partial charge in [-0.1, -0.05) is 32.9 Å². The van der Waals surface area contributed by atoms with E-state index in [1.807, 2.05) is 18.2 Å². The SMILES string of the molecule is CCc1cc2c(cc1N1CCC(O)CC1)C(C)(C)c1[nH]c3cc(C=N)ccc3c1C2=O. The van der Waals surface area contributed by atoms with Crippen LogP contribution < -0.4 is 4.90 Å². The number of benzene rings is 2. The quantitative estimate of drug-likeness (QED) is 0.549. The van der Waals surface area contributed by atoms with Gasteiger partial charge in [-0.15, -0.1) is 0 Å². The predicted octanol–water partition coefficient (Wildman–Crippen LogP) is 4.56. The van der Waals surface area contributed by atoms with E-state index >= 15 is 0 Å². The van der Waals surface area contributed by atoms with Gasteiger partial charge in [-0.3, -0.25) is 4.79 Å². The minimum absolute atomic E-state index is 0.0773. The molecule has 0 atom stereocenters. The van der Waals surface area contributed by atoms with Crippen molar-refractivity contribution in [2.75, 3.05) is 18.0 Å². The molecular formula is C26H29N3O2. The first kappa shape index (κ1) is 20.0. The number of fused-ring (bicyclic) bond motifs is 4. The first-order valence-electron chi connectivity index (χ1n) is 11.2. The number of aromatic nitrogens is 1. The molecule has 1 aliphatic heterocycles. The first-order chi connectivity index (χ1) is 14.8. The zero-order valence-corrected chi connectivity index (χ0v) is 18.4. The Bertz CT molecular complexity index is 1210. The molecule has 0 saturated carbocycles. The summed E-state index contributed by atoms with van der Waals surface area (Å²) < 4.78 is 0. The molecule has 3 N–H and O–H groups in total. The first-order valence-corrected chi connectivity index (χ1v) is 11.2. The summed E-state index contributed by atoms with van der Waals surface area (Å²) in [6.07, 6.45) is 3.54. The van der Waals surface area contributed by atoms with Gasteiger partial charge < -0.3 is 20.4 Å². The van der Waals surface area contributed by atoms with Gasteiger partial charge in [0.15, 0.2) is 5.78 Å². The summed E-state index contributed by atoms with van der Waals surface area (Å²) in [5.74, 6) is 0.0773. The van der Waals surface area contributed by atoms with E-state index in [4.69, 9.17) is 5.41 Å². The van der Waals surface area contributed by atoms with E-state index in [1.54, 1.807) is 0 Å². The summed E-state index contributed by atoms with van der Waals surface area (Å²) in [7, 11) is 0. The Balaban J connectivity index is 1.70. The van der Waals surface area contributed by atoms with Crippen molar-refractivity contribution in [1.82, 2.24) is 4.98 Å². The second kappa shape index (κ2) is 7.06. The third kappa shape index (κ3) is 2.94. The Morgan fingerprint density at radius 3 is 2.65 bits per heavy atom. The molecule has 1 aliphatic carbocycles. The van der Waals surface area contributed by atoms with Crippen molar-refractivity contribution in [3.05, 3.63) is 63.8 Å². The number of aliphatic hydroxyl groups excluding tert-OH is 1. The number of nitrogens with zero attached hydrogens (tertiary/aromatic N) is 1. The third-order valence-corrected chi connectivity index (χ3v) is 7.16. The van der Waals surface area contributed by atoms with Gasteiger partial charge in [0.2, 0.25) is 0 Å². The van der Waals surface area contributed by atoms with Crippen LogP contribution in [-0.4, -0.2) is 41.3 Å². The van der Waals surface area contributed by atoms with Crippen molar-refractivity contribution >= 4 is 28.6 Å². The molecular weight excluding hydrogens is 386 g/mol. The second-order valence-corrected chi connectivity index (χ2v) is 9.38. The highest BCUT2D eigenvalue weighted by Gasteiger charge is 2.40. The summed E-state index contributed by atoms with van der Waals surface area (Å²) in [6, 6.07) is 10.1. The number of nitrogens with one attached hydrogen (secondary N) is 2. The molecule has 5 rings (SSSR count). The Hall–Kier alpha value is -2.92.